The van der Waals surface area contributed by atoms with Crippen LogP contribution in [0.4, 0.5) is 0 Å². The van der Waals surface area contributed by atoms with E-state index in [4.69, 9.17) is 37.0 Å². The number of aliphatic hydroxyl groups excluding tert-OH is 1. The van der Waals surface area contributed by atoms with Gasteiger partial charge >= 0.3 is 39.5 Å². The molecule has 0 amide bonds. The number of esters is 4. The number of hydrogen-bond acceptors (Lipinski definition) is 15. The topological polar surface area (TPSA) is 237 Å². The van der Waals surface area contributed by atoms with E-state index in [1.165, 1.54) is 212 Å². The van der Waals surface area contributed by atoms with Gasteiger partial charge in [-0.15, -0.1) is 0 Å². The van der Waals surface area contributed by atoms with E-state index < -0.39 is 97.5 Å². The van der Waals surface area contributed by atoms with Gasteiger partial charge < -0.3 is 33.8 Å². The molecule has 100 heavy (non-hydrogen) atoms. The van der Waals surface area contributed by atoms with Crippen molar-refractivity contribution in [3.8, 4) is 0 Å². The van der Waals surface area contributed by atoms with Gasteiger partial charge in [0.05, 0.1) is 26.4 Å². The highest BCUT2D eigenvalue weighted by Crippen LogP contribution is 2.45. The minimum atomic E-state index is -4.97. The quantitative estimate of drug-likeness (QED) is 0.0169. The number of allylic oxidation sites excluding steroid dienone is 4. The van der Waals surface area contributed by atoms with Crippen LogP contribution in [-0.4, -0.2) is 96.7 Å². The van der Waals surface area contributed by atoms with Crippen molar-refractivity contribution in [2.45, 2.75) is 425 Å². The zero-order chi connectivity index (χ0) is 73.4. The normalized spacial score (nSPS) is 14.3. The van der Waals surface area contributed by atoms with Gasteiger partial charge in [0.25, 0.3) is 0 Å². The first-order valence-electron chi connectivity index (χ1n) is 41.5. The van der Waals surface area contributed by atoms with Crippen LogP contribution in [0.3, 0.4) is 0 Å². The summed E-state index contributed by atoms with van der Waals surface area (Å²) in [5, 5.41) is 10.6. The Kier molecular flexibility index (Phi) is 71.6. The molecule has 0 aliphatic rings. The lowest BCUT2D eigenvalue weighted by Crippen LogP contribution is -2.30. The molecule has 0 fully saturated rings. The molecular weight excluding hydrogens is 1310 g/mol. The van der Waals surface area contributed by atoms with Gasteiger partial charge in [-0.2, -0.15) is 0 Å². The number of rotatable bonds is 79. The largest absolute Gasteiger partial charge is 0.472 e. The van der Waals surface area contributed by atoms with E-state index in [-0.39, 0.29) is 25.7 Å². The summed E-state index contributed by atoms with van der Waals surface area (Å²) in [4.78, 5) is 73.0. The van der Waals surface area contributed by atoms with Crippen molar-refractivity contribution in [3.63, 3.8) is 0 Å². The Labute approximate surface area is 612 Å². The van der Waals surface area contributed by atoms with Crippen molar-refractivity contribution in [2.75, 3.05) is 39.6 Å². The van der Waals surface area contributed by atoms with Crippen molar-refractivity contribution in [1.82, 2.24) is 0 Å². The van der Waals surface area contributed by atoms with E-state index in [0.29, 0.717) is 25.7 Å². The number of phosphoric ester groups is 2. The average Bonchev–Trinajstić information content (AvgIpc) is 0.929. The fraction of sp³-hybridized carbons (Fsp3) is 0.901. The molecule has 0 radical (unpaired) electrons. The summed E-state index contributed by atoms with van der Waals surface area (Å²) in [5.74, 6) is -1.37. The Balaban J connectivity index is 5.26. The van der Waals surface area contributed by atoms with E-state index in [0.717, 1.165) is 115 Å². The van der Waals surface area contributed by atoms with Gasteiger partial charge in [0.2, 0.25) is 0 Å². The van der Waals surface area contributed by atoms with Gasteiger partial charge in [-0.1, -0.05) is 354 Å². The van der Waals surface area contributed by atoms with Gasteiger partial charge in [-0.05, 0) is 57.3 Å². The number of carbonyl (C=O) groups excluding carboxylic acids is 4. The highest BCUT2D eigenvalue weighted by atomic mass is 31.2. The van der Waals surface area contributed by atoms with E-state index in [2.05, 4.69) is 58.9 Å². The smallest absolute Gasteiger partial charge is 0.462 e. The number of phosphoric acid groups is 2. The van der Waals surface area contributed by atoms with Crippen LogP contribution in [0.15, 0.2) is 24.3 Å². The van der Waals surface area contributed by atoms with E-state index in [9.17, 15) is 43.2 Å². The molecular formula is C81H154O17P2. The molecule has 19 heteroatoms. The summed E-state index contributed by atoms with van der Waals surface area (Å²) in [7, 11) is -9.93. The van der Waals surface area contributed by atoms with E-state index >= 15 is 0 Å². The van der Waals surface area contributed by atoms with Crippen LogP contribution in [-0.2, 0) is 65.4 Å². The van der Waals surface area contributed by atoms with Gasteiger partial charge in [0, 0.05) is 25.7 Å². The lowest BCUT2D eigenvalue weighted by Gasteiger charge is -2.21. The zero-order valence-electron chi connectivity index (χ0n) is 64.8. The molecule has 0 rings (SSSR count). The van der Waals surface area contributed by atoms with Gasteiger partial charge in [-0.25, -0.2) is 9.13 Å². The maximum atomic E-state index is 13.1. The Bertz CT molecular complexity index is 2010. The third-order valence-electron chi connectivity index (χ3n) is 18.8. The van der Waals surface area contributed by atoms with Crippen molar-refractivity contribution < 1.29 is 80.2 Å². The number of hydrogen-bond donors (Lipinski definition) is 3. The lowest BCUT2D eigenvalue weighted by atomic mass is 9.99. The molecule has 6 atom stereocenters. The minimum absolute atomic E-state index is 0.102. The summed E-state index contributed by atoms with van der Waals surface area (Å²) >= 11 is 0. The Hall–Kier alpha value is -2.46. The van der Waals surface area contributed by atoms with E-state index in [1.807, 2.05) is 0 Å². The van der Waals surface area contributed by atoms with E-state index in [1.54, 1.807) is 0 Å². The molecule has 3 unspecified atom stereocenters. The molecule has 0 aliphatic carbocycles. The summed E-state index contributed by atoms with van der Waals surface area (Å²) in [6, 6.07) is 0. The highest BCUT2D eigenvalue weighted by Gasteiger charge is 2.30. The van der Waals surface area contributed by atoms with Crippen molar-refractivity contribution in [2.24, 2.45) is 5.92 Å². The third-order valence-corrected chi connectivity index (χ3v) is 20.7. The van der Waals surface area contributed by atoms with Gasteiger partial charge in [-0.3, -0.25) is 37.3 Å². The number of carbonyl (C=O) groups is 4. The van der Waals surface area contributed by atoms with Crippen LogP contribution >= 0.6 is 15.6 Å². The molecule has 3 N–H and O–H groups in total. The lowest BCUT2D eigenvalue weighted by molar-refractivity contribution is -0.161. The fourth-order valence-electron chi connectivity index (χ4n) is 12.0. The number of ether oxygens (including phenoxy) is 4. The molecule has 0 spiro atoms. The average molecular weight is 1460 g/mol. The van der Waals surface area contributed by atoms with Crippen LogP contribution in [0.25, 0.3) is 0 Å². The monoisotopic (exact) mass is 1460 g/mol. The maximum Gasteiger partial charge on any atom is 0.472 e. The molecule has 0 aromatic carbocycles. The Morgan fingerprint density at radius 3 is 0.850 bits per heavy atom. The van der Waals surface area contributed by atoms with Crippen molar-refractivity contribution in [3.05, 3.63) is 24.3 Å². The van der Waals surface area contributed by atoms with Crippen LogP contribution in [0, 0.1) is 5.92 Å². The number of unbranched alkanes of at least 4 members (excludes halogenated alkanes) is 47. The first-order valence-corrected chi connectivity index (χ1v) is 44.5. The molecule has 0 heterocycles. The second kappa shape index (κ2) is 73.4. The summed E-state index contributed by atoms with van der Waals surface area (Å²) in [5.41, 5.74) is 0. The SMILES string of the molecule is CCCCCC/C=C\C=C/CCCCCCCC(=O)OC[C@H](COP(=O)(O)OC[C@@H](O)COP(=O)(O)OC[C@@H](COC(=O)CCCCCCCCCCCCCC)OC(=O)CCCCCCCCCCC(C)CC)OC(=O)CCCCCCCCCCCCCCCCCCCCCCC. The number of aliphatic hydroxyl groups is 1. The molecule has 17 nitrogen and oxygen atoms in total. The first-order chi connectivity index (χ1) is 48.6. The third kappa shape index (κ3) is 72.5. The molecule has 0 aromatic rings. The van der Waals surface area contributed by atoms with Crippen LogP contribution in [0.1, 0.15) is 407 Å². The van der Waals surface area contributed by atoms with Crippen LogP contribution in [0.2, 0.25) is 0 Å². The first kappa shape index (κ1) is 97.5. The molecule has 0 aliphatic heterocycles. The molecule has 0 bridgehead atoms. The molecule has 0 saturated carbocycles. The van der Waals surface area contributed by atoms with Crippen molar-refractivity contribution >= 4 is 39.5 Å². The van der Waals surface area contributed by atoms with Crippen LogP contribution in [0.5, 0.6) is 0 Å². The Morgan fingerprint density at radius 2 is 0.560 bits per heavy atom. The Morgan fingerprint density at radius 1 is 0.320 bits per heavy atom. The van der Waals surface area contributed by atoms with Gasteiger partial charge in [0.15, 0.2) is 12.2 Å². The molecule has 0 saturated heterocycles. The molecule has 590 valence electrons. The summed E-state index contributed by atoms with van der Waals surface area (Å²) in [6.07, 6.45) is 67.4. The van der Waals surface area contributed by atoms with Crippen LogP contribution < -0.4 is 0 Å². The minimum Gasteiger partial charge on any atom is -0.462 e. The zero-order valence-corrected chi connectivity index (χ0v) is 66.6. The fourth-order valence-corrected chi connectivity index (χ4v) is 13.6. The van der Waals surface area contributed by atoms with Crippen molar-refractivity contribution in [1.29, 1.82) is 0 Å². The predicted molar refractivity (Wildman–Crippen MR) is 409 cm³/mol. The summed E-state index contributed by atoms with van der Waals surface area (Å²) in [6.45, 7) is 7.25. The highest BCUT2D eigenvalue weighted by molar-refractivity contribution is 7.47. The second-order valence-corrected chi connectivity index (χ2v) is 31.6. The van der Waals surface area contributed by atoms with Gasteiger partial charge in [0.1, 0.15) is 19.3 Å². The second-order valence-electron chi connectivity index (χ2n) is 28.7. The predicted octanol–water partition coefficient (Wildman–Crippen LogP) is 24.0. The summed E-state index contributed by atoms with van der Waals surface area (Å²) < 4.78 is 68.7. The maximum absolute atomic E-state index is 13.1. The standard InChI is InChI=1S/C81H154O17P2/c1-6-10-13-16-19-22-25-28-30-31-32-33-34-35-37-39-42-45-51-56-61-66-80(85)97-76(70-91-79(84)65-60-55-50-44-41-38-36-29-26-23-20-17-14-11-7-2)72-95-99(87,88)93-68-75(82)69-94-100(89,90)96-73-77(98-81(86)67-62-57-52-47-46-48-53-58-63-74(5)9-4)71-92-78(83)64-59-54-49-43-40-27-24-21-18-15-12-8-3/h23,26,29,36,74-77,82H,6-22,24-25,27-28,30-35,37-73H2,1-5H3,(H,87,88)(H,89,90)/b26-23-,36-29-/t74?,75-,76-,77-/m1/s1. The molecule has 0 aromatic heterocycles.